The zero-order chi connectivity index (χ0) is 20.0. The average Bonchev–Trinajstić information content (AvgIpc) is 2.97. The number of hydrogen-bond donors (Lipinski definition) is 0. The minimum absolute atomic E-state index is 0.0286. The van der Waals surface area contributed by atoms with E-state index in [4.69, 9.17) is 14.5 Å². The Kier molecular flexibility index (Phi) is 7.51. The highest BCUT2D eigenvalue weighted by molar-refractivity contribution is 6.22. The van der Waals surface area contributed by atoms with Crippen LogP contribution in [0.2, 0.25) is 0 Å². The van der Waals surface area contributed by atoms with Crippen molar-refractivity contribution in [3.8, 4) is 11.5 Å². The van der Waals surface area contributed by atoms with Crippen molar-refractivity contribution in [3.63, 3.8) is 0 Å². The van der Waals surface area contributed by atoms with Gasteiger partial charge in [-0.2, -0.15) is 0 Å². The van der Waals surface area contributed by atoms with Crippen molar-refractivity contribution in [2.45, 2.75) is 53.0 Å². The number of unbranched alkanes of at least 4 members (excludes halogenated alkanes) is 1. The second kappa shape index (κ2) is 9.62. The molecule has 1 unspecified atom stereocenters. The van der Waals surface area contributed by atoms with Crippen LogP contribution in [0.1, 0.15) is 47.0 Å². The van der Waals surface area contributed by atoms with E-state index in [9.17, 15) is 4.79 Å². The fourth-order valence-corrected chi connectivity index (χ4v) is 3.28. The van der Waals surface area contributed by atoms with Crippen molar-refractivity contribution >= 4 is 17.6 Å². The summed E-state index contributed by atoms with van der Waals surface area (Å²) in [6.07, 6.45) is 2.91. The molecule has 0 N–H and O–H groups in total. The Hall–Kier alpha value is -2.24. The summed E-state index contributed by atoms with van der Waals surface area (Å²) in [5, 5.41) is 0. The van der Waals surface area contributed by atoms with Crippen LogP contribution >= 0.6 is 0 Å². The monoisotopic (exact) mass is 375 g/mol. The van der Waals surface area contributed by atoms with Gasteiger partial charge in [0, 0.05) is 19.2 Å². The summed E-state index contributed by atoms with van der Waals surface area (Å²) in [4.78, 5) is 22.0. The van der Waals surface area contributed by atoms with E-state index in [1.807, 2.05) is 18.2 Å². The van der Waals surface area contributed by atoms with Gasteiger partial charge in [-0.1, -0.05) is 27.2 Å². The molecule has 1 atom stereocenters. The van der Waals surface area contributed by atoms with Gasteiger partial charge in [0.15, 0.2) is 11.5 Å². The zero-order valence-corrected chi connectivity index (χ0v) is 17.5. The maximum absolute atomic E-state index is 13.2. The molecule has 0 saturated heterocycles. The van der Waals surface area contributed by atoms with Crippen LogP contribution in [0.25, 0.3) is 0 Å². The molecule has 1 heterocycles. The van der Waals surface area contributed by atoms with Crippen LogP contribution in [0.5, 0.6) is 11.5 Å². The number of ether oxygens (including phenoxy) is 2. The highest BCUT2D eigenvalue weighted by Crippen LogP contribution is 2.34. The smallest absolute Gasteiger partial charge is 0.258 e. The lowest BCUT2D eigenvalue weighted by Gasteiger charge is -2.29. The summed E-state index contributed by atoms with van der Waals surface area (Å²) in [6, 6.07) is 5.23. The standard InChI is InChI=1S/C21H33N3O3/c1-7-9-12-23(8-2)21-22-17(13-15(3)4)20(25)24(21)16-10-11-18(26-5)19(14-16)27-6/h10-11,14-15,17H,7-9,12-13H2,1-6H3. The van der Waals surface area contributed by atoms with E-state index in [1.54, 1.807) is 19.1 Å². The Morgan fingerprint density at radius 1 is 1.19 bits per heavy atom. The maximum Gasteiger partial charge on any atom is 0.258 e. The van der Waals surface area contributed by atoms with E-state index < -0.39 is 0 Å². The SMILES string of the molecule is CCCCN(CC)C1=NC(CC(C)C)C(=O)N1c1ccc(OC)c(OC)c1. The lowest BCUT2D eigenvalue weighted by molar-refractivity contribution is -0.118. The number of amides is 1. The molecule has 0 bridgehead atoms. The largest absolute Gasteiger partial charge is 0.493 e. The molecule has 1 amide bonds. The minimum Gasteiger partial charge on any atom is -0.493 e. The molecule has 1 aromatic rings. The van der Waals surface area contributed by atoms with Gasteiger partial charge in [-0.25, -0.2) is 9.89 Å². The molecule has 0 fully saturated rings. The van der Waals surface area contributed by atoms with Crippen molar-refractivity contribution in [3.05, 3.63) is 18.2 Å². The van der Waals surface area contributed by atoms with Gasteiger partial charge < -0.3 is 14.4 Å². The molecular weight excluding hydrogens is 342 g/mol. The first-order chi connectivity index (χ1) is 13.0. The predicted octanol–water partition coefficient (Wildman–Crippen LogP) is 3.94. The van der Waals surface area contributed by atoms with Crippen molar-refractivity contribution < 1.29 is 14.3 Å². The summed E-state index contributed by atoms with van der Waals surface area (Å²) in [5.41, 5.74) is 0.762. The van der Waals surface area contributed by atoms with Gasteiger partial charge >= 0.3 is 0 Å². The van der Waals surface area contributed by atoms with Gasteiger partial charge in [-0.05, 0) is 37.8 Å². The molecule has 1 aromatic carbocycles. The maximum atomic E-state index is 13.2. The fourth-order valence-electron chi connectivity index (χ4n) is 3.28. The molecule has 1 aliphatic rings. The van der Waals surface area contributed by atoms with Crippen molar-refractivity contribution in [2.75, 3.05) is 32.2 Å². The number of benzene rings is 1. The van der Waals surface area contributed by atoms with Crippen molar-refractivity contribution in [1.82, 2.24) is 4.90 Å². The van der Waals surface area contributed by atoms with Crippen LogP contribution in [0.4, 0.5) is 5.69 Å². The normalized spacial score (nSPS) is 16.7. The first kappa shape index (κ1) is 21.1. The number of aliphatic imine (C=N–C) groups is 1. The third-order valence-electron chi connectivity index (χ3n) is 4.74. The summed E-state index contributed by atoms with van der Waals surface area (Å²) >= 11 is 0. The van der Waals surface area contributed by atoms with Gasteiger partial charge in [-0.15, -0.1) is 0 Å². The molecule has 27 heavy (non-hydrogen) atoms. The number of carbonyl (C=O) groups excluding carboxylic acids is 1. The molecule has 150 valence electrons. The van der Waals surface area contributed by atoms with E-state index in [-0.39, 0.29) is 11.9 Å². The Labute approximate surface area is 163 Å². The number of nitrogens with zero attached hydrogens (tertiary/aromatic N) is 3. The average molecular weight is 376 g/mol. The molecule has 2 rings (SSSR count). The van der Waals surface area contributed by atoms with Gasteiger partial charge in [0.25, 0.3) is 5.91 Å². The second-order valence-corrected chi connectivity index (χ2v) is 7.22. The third-order valence-corrected chi connectivity index (χ3v) is 4.74. The number of guanidine groups is 1. The highest BCUT2D eigenvalue weighted by Gasteiger charge is 2.38. The summed E-state index contributed by atoms with van der Waals surface area (Å²) in [6.45, 7) is 10.2. The van der Waals surface area contributed by atoms with Gasteiger partial charge in [0.05, 0.1) is 19.9 Å². The van der Waals surface area contributed by atoms with Crippen LogP contribution in [0, 0.1) is 5.92 Å². The molecule has 0 spiro atoms. The van der Waals surface area contributed by atoms with Gasteiger partial charge in [0.1, 0.15) is 6.04 Å². The Morgan fingerprint density at radius 2 is 1.89 bits per heavy atom. The Balaban J connectivity index is 2.43. The molecule has 0 saturated carbocycles. The fraction of sp³-hybridized carbons (Fsp3) is 0.619. The van der Waals surface area contributed by atoms with E-state index in [0.717, 1.165) is 44.0 Å². The van der Waals surface area contributed by atoms with Crippen LogP contribution in [0.15, 0.2) is 23.2 Å². The first-order valence-electron chi connectivity index (χ1n) is 9.85. The Bertz CT molecular complexity index is 673. The van der Waals surface area contributed by atoms with Crippen LogP contribution in [-0.2, 0) is 4.79 Å². The van der Waals surface area contributed by atoms with Gasteiger partial charge in [0.2, 0.25) is 5.96 Å². The molecule has 0 aliphatic carbocycles. The number of anilines is 1. The number of hydrogen-bond acceptors (Lipinski definition) is 5. The lowest BCUT2D eigenvalue weighted by atomic mass is 10.0. The summed E-state index contributed by atoms with van der Waals surface area (Å²) in [5.74, 6) is 2.42. The summed E-state index contributed by atoms with van der Waals surface area (Å²) < 4.78 is 10.8. The van der Waals surface area contributed by atoms with Gasteiger partial charge in [-0.3, -0.25) is 4.79 Å². The zero-order valence-electron chi connectivity index (χ0n) is 17.5. The molecule has 6 nitrogen and oxygen atoms in total. The van der Waals surface area contributed by atoms with Crippen molar-refractivity contribution in [2.24, 2.45) is 10.9 Å². The Morgan fingerprint density at radius 3 is 2.44 bits per heavy atom. The van der Waals surface area contributed by atoms with Crippen molar-refractivity contribution in [1.29, 1.82) is 0 Å². The minimum atomic E-state index is -0.330. The van der Waals surface area contributed by atoms with Crippen LogP contribution in [0.3, 0.4) is 0 Å². The number of rotatable bonds is 9. The van der Waals surface area contributed by atoms with E-state index in [1.165, 1.54) is 0 Å². The predicted molar refractivity (Wildman–Crippen MR) is 110 cm³/mol. The van der Waals surface area contributed by atoms with E-state index >= 15 is 0 Å². The van der Waals surface area contributed by atoms with Crippen LogP contribution < -0.4 is 14.4 Å². The molecule has 0 aromatic heterocycles. The molecule has 0 radical (unpaired) electrons. The highest BCUT2D eigenvalue weighted by atomic mass is 16.5. The molecule has 1 aliphatic heterocycles. The quantitative estimate of drug-likeness (QED) is 0.656. The second-order valence-electron chi connectivity index (χ2n) is 7.22. The van der Waals surface area contributed by atoms with E-state index in [2.05, 4.69) is 32.6 Å². The number of carbonyl (C=O) groups is 1. The molecule has 6 heteroatoms. The number of methoxy groups -OCH3 is 2. The van der Waals surface area contributed by atoms with Crippen LogP contribution in [-0.4, -0.2) is 50.1 Å². The first-order valence-corrected chi connectivity index (χ1v) is 9.85. The third kappa shape index (κ3) is 4.73. The summed E-state index contributed by atoms with van der Waals surface area (Å²) in [7, 11) is 3.21. The topological polar surface area (TPSA) is 54.4 Å². The lowest BCUT2D eigenvalue weighted by Crippen LogP contribution is -2.45. The molecular formula is C21H33N3O3. The van der Waals surface area contributed by atoms with E-state index in [0.29, 0.717) is 17.4 Å².